The number of nitrogens with zero attached hydrogens (tertiary/aromatic N) is 1. The third kappa shape index (κ3) is 2.87. The zero-order valence-corrected chi connectivity index (χ0v) is 12.3. The fourth-order valence-electron chi connectivity index (χ4n) is 3.77. The van der Waals surface area contributed by atoms with E-state index in [2.05, 4.69) is 11.4 Å². The highest BCUT2D eigenvalue weighted by Crippen LogP contribution is 2.34. The molecule has 1 heterocycles. The van der Waals surface area contributed by atoms with Crippen LogP contribution in [-0.2, 0) is 9.59 Å². The number of barbiturate groups is 1. The number of carbonyl (C=O) groups is 3. The largest absolute Gasteiger partial charge is 0.330 e. The average Bonchev–Trinajstić information content (AvgIpc) is 3.10. The summed E-state index contributed by atoms with van der Waals surface area (Å²) >= 11 is 0. The van der Waals surface area contributed by atoms with Gasteiger partial charge in [-0.2, -0.15) is 0 Å². The standard InChI is InChI=1S/C16H22N2O3/c19-14-13(12-7-3-4-8-12)15(20)18(16(21)17-14)10-9-11-5-1-2-6-11/h5,12-13H,1-4,6-10H2,(H,17,19,21). The SMILES string of the molecule is O=C1NC(=O)N(CCC2=CCCC2)C(=O)C1C1CCCC1. The number of imide groups is 2. The number of rotatable bonds is 4. The Morgan fingerprint density at radius 3 is 2.57 bits per heavy atom. The summed E-state index contributed by atoms with van der Waals surface area (Å²) in [5.41, 5.74) is 1.32. The summed E-state index contributed by atoms with van der Waals surface area (Å²) < 4.78 is 0. The molecular weight excluding hydrogens is 268 g/mol. The van der Waals surface area contributed by atoms with Crippen molar-refractivity contribution in [2.45, 2.75) is 51.4 Å². The fraction of sp³-hybridized carbons (Fsp3) is 0.688. The van der Waals surface area contributed by atoms with Crippen LogP contribution in [0.3, 0.4) is 0 Å². The van der Waals surface area contributed by atoms with Crippen molar-refractivity contribution < 1.29 is 14.4 Å². The first kappa shape index (κ1) is 14.3. The molecule has 0 aromatic heterocycles. The molecule has 5 nitrogen and oxygen atoms in total. The van der Waals surface area contributed by atoms with Gasteiger partial charge in [0.1, 0.15) is 5.92 Å². The summed E-state index contributed by atoms with van der Waals surface area (Å²) in [7, 11) is 0. The molecule has 1 saturated heterocycles. The molecule has 1 unspecified atom stereocenters. The van der Waals surface area contributed by atoms with Crippen molar-refractivity contribution >= 4 is 17.8 Å². The molecule has 2 fully saturated rings. The molecule has 5 heteroatoms. The minimum Gasteiger partial charge on any atom is -0.277 e. The van der Waals surface area contributed by atoms with Crippen molar-refractivity contribution in [1.82, 2.24) is 10.2 Å². The molecule has 1 aliphatic heterocycles. The van der Waals surface area contributed by atoms with Gasteiger partial charge in [-0.15, -0.1) is 0 Å². The summed E-state index contributed by atoms with van der Waals surface area (Å²) in [5.74, 6) is -1.22. The molecule has 0 spiro atoms. The lowest BCUT2D eigenvalue weighted by molar-refractivity contribution is -0.144. The number of nitrogens with one attached hydrogen (secondary N) is 1. The first-order chi connectivity index (χ1) is 10.2. The van der Waals surface area contributed by atoms with Gasteiger partial charge in [0.2, 0.25) is 11.8 Å². The van der Waals surface area contributed by atoms with Crippen molar-refractivity contribution in [1.29, 1.82) is 0 Å². The summed E-state index contributed by atoms with van der Waals surface area (Å²) in [6.45, 7) is 0.396. The number of allylic oxidation sites excluding steroid dienone is 1. The molecule has 4 amide bonds. The maximum absolute atomic E-state index is 12.6. The lowest BCUT2D eigenvalue weighted by Gasteiger charge is -2.33. The van der Waals surface area contributed by atoms with Crippen molar-refractivity contribution in [3.05, 3.63) is 11.6 Å². The summed E-state index contributed by atoms with van der Waals surface area (Å²) in [6, 6.07) is -0.544. The highest BCUT2D eigenvalue weighted by atomic mass is 16.2. The van der Waals surface area contributed by atoms with E-state index in [1.54, 1.807) is 0 Å². The highest BCUT2D eigenvalue weighted by molar-refractivity contribution is 6.16. The van der Waals surface area contributed by atoms with Crippen LogP contribution in [-0.4, -0.2) is 29.3 Å². The van der Waals surface area contributed by atoms with Crippen molar-refractivity contribution in [3.63, 3.8) is 0 Å². The number of hydrogen-bond donors (Lipinski definition) is 1. The van der Waals surface area contributed by atoms with Crippen molar-refractivity contribution in [3.8, 4) is 0 Å². The van der Waals surface area contributed by atoms with Crippen LogP contribution in [0.2, 0.25) is 0 Å². The van der Waals surface area contributed by atoms with Gasteiger partial charge >= 0.3 is 6.03 Å². The van der Waals surface area contributed by atoms with Crippen LogP contribution >= 0.6 is 0 Å². The van der Waals surface area contributed by atoms with Crippen LogP contribution in [0, 0.1) is 11.8 Å². The third-order valence-corrected chi connectivity index (χ3v) is 4.95. The van der Waals surface area contributed by atoms with Crippen molar-refractivity contribution in [2.24, 2.45) is 11.8 Å². The van der Waals surface area contributed by atoms with Crippen LogP contribution in [0.1, 0.15) is 51.4 Å². The first-order valence-corrected chi connectivity index (χ1v) is 8.01. The minimum absolute atomic E-state index is 0.110. The van der Waals surface area contributed by atoms with Gasteiger partial charge in [-0.1, -0.05) is 24.5 Å². The zero-order valence-electron chi connectivity index (χ0n) is 12.3. The second kappa shape index (κ2) is 6.00. The molecule has 1 N–H and O–H groups in total. The molecule has 2 aliphatic carbocycles. The van der Waals surface area contributed by atoms with Gasteiger partial charge in [-0.3, -0.25) is 19.8 Å². The fourth-order valence-corrected chi connectivity index (χ4v) is 3.77. The minimum atomic E-state index is -0.650. The first-order valence-electron chi connectivity index (χ1n) is 8.01. The van der Waals surface area contributed by atoms with Gasteiger partial charge < -0.3 is 0 Å². The average molecular weight is 290 g/mol. The molecule has 21 heavy (non-hydrogen) atoms. The number of carbonyl (C=O) groups excluding carboxylic acids is 3. The Kier molecular flexibility index (Phi) is 4.08. The molecule has 1 saturated carbocycles. The van der Waals surface area contributed by atoms with E-state index in [-0.39, 0.29) is 11.8 Å². The van der Waals surface area contributed by atoms with E-state index in [1.165, 1.54) is 16.9 Å². The maximum Gasteiger partial charge on any atom is 0.330 e. The molecule has 3 rings (SSSR count). The second-order valence-corrected chi connectivity index (χ2v) is 6.31. The predicted molar refractivity (Wildman–Crippen MR) is 77.3 cm³/mol. The Bertz CT molecular complexity index is 492. The lowest BCUT2D eigenvalue weighted by atomic mass is 9.87. The zero-order chi connectivity index (χ0) is 14.8. The summed E-state index contributed by atoms with van der Waals surface area (Å²) in [5, 5.41) is 2.37. The maximum atomic E-state index is 12.6. The van der Waals surface area contributed by atoms with E-state index >= 15 is 0 Å². The number of urea groups is 1. The lowest BCUT2D eigenvalue weighted by Crippen LogP contribution is -2.59. The Hall–Kier alpha value is -1.65. The smallest absolute Gasteiger partial charge is 0.277 e. The van der Waals surface area contributed by atoms with E-state index in [1.807, 2.05) is 0 Å². The molecule has 0 bridgehead atoms. The van der Waals surface area contributed by atoms with Gasteiger partial charge in [0.25, 0.3) is 0 Å². The van der Waals surface area contributed by atoms with E-state index < -0.39 is 17.9 Å². The predicted octanol–water partition coefficient (Wildman–Crippen LogP) is 2.37. The normalized spacial score (nSPS) is 27.2. The number of hydrogen-bond acceptors (Lipinski definition) is 3. The van der Waals surface area contributed by atoms with Crippen LogP contribution in [0.4, 0.5) is 4.79 Å². The monoisotopic (exact) mass is 290 g/mol. The molecule has 0 aromatic carbocycles. The van der Waals surface area contributed by atoms with E-state index in [0.29, 0.717) is 6.54 Å². The van der Waals surface area contributed by atoms with E-state index in [0.717, 1.165) is 44.9 Å². The second-order valence-electron chi connectivity index (χ2n) is 6.31. The third-order valence-electron chi connectivity index (χ3n) is 4.95. The van der Waals surface area contributed by atoms with E-state index in [4.69, 9.17) is 0 Å². The van der Waals surface area contributed by atoms with Crippen LogP contribution in [0.15, 0.2) is 11.6 Å². The quantitative estimate of drug-likeness (QED) is 0.638. The van der Waals surface area contributed by atoms with Crippen LogP contribution < -0.4 is 5.32 Å². The molecule has 114 valence electrons. The molecule has 0 radical (unpaired) electrons. The Labute approximate surface area is 124 Å². The molecular formula is C16H22N2O3. The highest BCUT2D eigenvalue weighted by Gasteiger charge is 2.45. The molecule has 1 atom stereocenters. The van der Waals surface area contributed by atoms with Gasteiger partial charge in [0.15, 0.2) is 0 Å². The Morgan fingerprint density at radius 1 is 1.14 bits per heavy atom. The van der Waals surface area contributed by atoms with Crippen LogP contribution in [0.25, 0.3) is 0 Å². The van der Waals surface area contributed by atoms with Crippen LogP contribution in [0.5, 0.6) is 0 Å². The molecule has 0 aromatic rings. The van der Waals surface area contributed by atoms with Gasteiger partial charge in [0.05, 0.1) is 0 Å². The van der Waals surface area contributed by atoms with Gasteiger partial charge in [-0.05, 0) is 44.4 Å². The topological polar surface area (TPSA) is 66.5 Å². The van der Waals surface area contributed by atoms with Gasteiger partial charge in [-0.25, -0.2) is 4.79 Å². The Balaban J connectivity index is 1.68. The Morgan fingerprint density at radius 2 is 1.90 bits per heavy atom. The molecule has 3 aliphatic rings. The van der Waals surface area contributed by atoms with E-state index in [9.17, 15) is 14.4 Å². The summed E-state index contributed by atoms with van der Waals surface area (Å²) in [4.78, 5) is 37.8. The van der Waals surface area contributed by atoms with Gasteiger partial charge in [0, 0.05) is 6.54 Å². The van der Waals surface area contributed by atoms with Crippen molar-refractivity contribution in [2.75, 3.05) is 6.54 Å². The number of amides is 4. The summed E-state index contributed by atoms with van der Waals surface area (Å²) in [6.07, 6.45) is 10.2.